The molecule has 0 atom stereocenters. The first-order valence-corrected chi connectivity index (χ1v) is 7.29. The summed E-state index contributed by atoms with van der Waals surface area (Å²) in [6.07, 6.45) is 6.56. The molecule has 0 unspecified atom stereocenters. The number of nitrogens with two attached hydrogens (primary N) is 1. The van der Waals surface area contributed by atoms with Gasteiger partial charge in [-0.05, 0) is 23.6 Å². The minimum Gasteiger partial charge on any atom is -0.366 e. The average Bonchev–Trinajstić information content (AvgIpc) is 3.01. The van der Waals surface area contributed by atoms with Gasteiger partial charge < -0.3 is 10.7 Å². The standard InChI is InChI=1S/C17H17N5O/c1-9(2)12-7-20-8-13(14(12)16(19)23)15(18)10-3-5-21-17-11(10)4-6-22-17/h3-9,18H,1-2H3,(H2,19,23)(H,21,22). The van der Waals surface area contributed by atoms with Gasteiger partial charge in [0.1, 0.15) is 5.65 Å². The van der Waals surface area contributed by atoms with E-state index in [9.17, 15) is 4.79 Å². The highest BCUT2D eigenvalue weighted by molar-refractivity contribution is 6.21. The molecule has 0 aromatic carbocycles. The molecule has 3 aromatic rings. The second-order valence-corrected chi connectivity index (χ2v) is 5.64. The number of aromatic nitrogens is 3. The van der Waals surface area contributed by atoms with Crippen LogP contribution >= 0.6 is 0 Å². The van der Waals surface area contributed by atoms with Gasteiger partial charge in [-0.2, -0.15) is 0 Å². The number of amides is 1. The van der Waals surface area contributed by atoms with Crippen LogP contribution in [0.5, 0.6) is 0 Å². The number of nitrogens with zero attached hydrogens (tertiary/aromatic N) is 2. The minimum absolute atomic E-state index is 0.0856. The third-order valence-electron chi connectivity index (χ3n) is 3.84. The Morgan fingerprint density at radius 3 is 2.74 bits per heavy atom. The van der Waals surface area contributed by atoms with Gasteiger partial charge in [0.15, 0.2) is 0 Å². The molecular formula is C17H17N5O. The first kappa shape index (κ1) is 14.9. The quantitative estimate of drug-likeness (QED) is 0.644. The molecule has 116 valence electrons. The summed E-state index contributed by atoms with van der Waals surface area (Å²) in [5.41, 5.74) is 8.72. The number of aromatic amines is 1. The summed E-state index contributed by atoms with van der Waals surface area (Å²) in [6.45, 7) is 3.93. The van der Waals surface area contributed by atoms with Crippen LogP contribution in [0, 0.1) is 5.41 Å². The fourth-order valence-corrected chi connectivity index (χ4v) is 2.70. The van der Waals surface area contributed by atoms with Crippen molar-refractivity contribution in [3.63, 3.8) is 0 Å². The second-order valence-electron chi connectivity index (χ2n) is 5.64. The van der Waals surface area contributed by atoms with E-state index in [0.717, 1.165) is 10.9 Å². The summed E-state index contributed by atoms with van der Waals surface area (Å²) in [5.74, 6) is -0.460. The van der Waals surface area contributed by atoms with E-state index in [4.69, 9.17) is 11.1 Å². The van der Waals surface area contributed by atoms with E-state index in [2.05, 4.69) is 15.0 Å². The Bertz CT molecular complexity index is 910. The van der Waals surface area contributed by atoms with Crippen molar-refractivity contribution in [3.05, 3.63) is 59.2 Å². The third kappa shape index (κ3) is 2.48. The van der Waals surface area contributed by atoms with E-state index in [0.29, 0.717) is 22.3 Å². The van der Waals surface area contributed by atoms with Gasteiger partial charge in [0.05, 0.1) is 11.3 Å². The number of carbonyl (C=O) groups excluding carboxylic acids is 1. The highest BCUT2D eigenvalue weighted by atomic mass is 16.1. The van der Waals surface area contributed by atoms with Gasteiger partial charge >= 0.3 is 0 Å². The van der Waals surface area contributed by atoms with Gasteiger partial charge in [-0.1, -0.05) is 13.8 Å². The molecule has 6 nitrogen and oxygen atoms in total. The number of hydrogen-bond donors (Lipinski definition) is 3. The van der Waals surface area contributed by atoms with E-state index in [1.54, 1.807) is 24.7 Å². The highest BCUT2D eigenvalue weighted by Gasteiger charge is 2.21. The molecule has 3 heterocycles. The molecular weight excluding hydrogens is 290 g/mol. The number of nitrogens with one attached hydrogen (secondary N) is 2. The van der Waals surface area contributed by atoms with Crippen LogP contribution in [-0.2, 0) is 0 Å². The van der Waals surface area contributed by atoms with Gasteiger partial charge in [0, 0.05) is 41.3 Å². The van der Waals surface area contributed by atoms with Gasteiger partial charge in [-0.15, -0.1) is 0 Å². The zero-order valence-electron chi connectivity index (χ0n) is 12.9. The molecule has 6 heteroatoms. The van der Waals surface area contributed by atoms with E-state index in [-0.39, 0.29) is 11.6 Å². The molecule has 0 aliphatic heterocycles. The summed E-state index contributed by atoms with van der Waals surface area (Å²) in [4.78, 5) is 23.4. The summed E-state index contributed by atoms with van der Waals surface area (Å²) < 4.78 is 0. The molecule has 0 radical (unpaired) electrons. The van der Waals surface area contributed by atoms with Gasteiger partial charge in [-0.25, -0.2) is 4.98 Å². The lowest BCUT2D eigenvalue weighted by Gasteiger charge is -2.15. The summed E-state index contributed by atoms with van der Waals surface area (Å²) in [6, 6.07) is 3.61. The van der Waals surface area contributed by atoms with Crippen molar-refractivity contribution in [1.29, 1.82) is 5.41 Å². The third-order valence-corrected chi connectivity index (χ3v) is 3.84. The Morgan fingerprint density at radius 1 is 1.26 bits per heavy atom. The molecule has 0 fully saturated rings. The average molecular weight is 307 g/mol. The van der Waals surface area contributed by atoms with Crippen LogP contribution in [-0.4, -0.2) is 26.6 Å². The number of H-pyrrole nitrogens is 1. The molecule has 3 aromatic heterocycles. The maximum Gasteiger partial charge on any atom is 0.249 e. The number of rotatable bonds is 4. The normalized spacial score (nSPS) is 11.1. The molecule has 23 heavy (non-hydrogen) atoms. The Labute approximate surface area is 133 Å². The van der Waals surface area contributed by atoms with Crippen molar-refractivity contribution in [2.45, 2.75) is 19.8 Å². The van der Waals surface area contributed by atoms with Crippen LogP contribution < -0.4 is 5.73 Å². The molecule has 4 N–H and O–H groups in total. The zero-order chi connectivity index (χ0) is 16.6. The van der Waals surface area contributed by atoms with Gasteiger partial charge in [-0.3, -0.25) is 15.2 Å². The maximum absolute atomic E-state index is 12.0. The molecule has 3 rings (SSSR count). The van der Waals surface area contributed by atoms with E-state index >= 15 is 0 Å². The molecule has 0 saturated carbocycles. The smallest absolute Gasteiger partial charge is 0.249 e. The number of carbonyl (C=O) groups is 1. The van der Waals surface area contributed by atoms with Crippen molar-refractivity contribution in [2.24, 2.45) is 5.73 Å². The predicted molar refractivity (Wildman–Crippen MR) is 88.9 cm³/mol. The SMILES string of the molecule is CC(C)c1cncc(C(=N)c2ccnc3[nH]ccc23)c1C(N)=O. The molecule has 1 amide bonds. The van der Waals surface area contributed by atoms with Crippen molar-refractivity contribution in [3.8, 4) is 0 Å². The fourth-order valence-electron chi connectivity index (χ4n) is 2.70. The first-order chi connectivity index (χ1) is 11.0. The van der Waals surface area contributed by atoms with Crippen molar-refractivity contribution < 1.29 is 4.79 Å². The fraction of sp³-hybridized carbons (Fsp3) is 0.176. The Kier molecular flexibility index (Phi) is 3.65. The number of hydrogen-bond acceptors (Lipinski definition) is 4. The predicted octanol–water partition coefficient (Wildman–Crippen LogP) is 2.60. The van der Waals surface area contributed by atoms with Crippen molar-refractivity contribution in [1.82, 2.24) is 15.0 Å². The van der Waals surface area contributed by atoms with E-state index in [1.807, 2.05) is 19.9 Å². The lowest BCUT2D eigenvalue weighted by atomic mass is 9.91. The van der Waals surface area contributed by atoms with Crippen LogP contribution in [0.1, 0.15) is 46.8 Å². The lowest BCUT2D eigenvalue weighted by Crippen LogP contribution is -2.20. The number of primary amides is 1. The van der Waals surface area contributed by atoms with E-state index in [1.165, 1.54) is 6.20 Å². The summed E-state index contributed by atoms with van der Waals surface area (Å²) in [5, 5.41) is 9.40. The summed E-state index contributed by atoms with van der Waals surface area (Å²) in [7, 11) is 0. The zero-order valence-corrected chi connectivity index (χ0v) is 12.9. The Balaban J connectivity index is 2.22. The number of fused-ring (bicyclic) bond motifs is 1. The molecule has 0 spiro atoms. The Morgan fingerprint density at radius 2 is 2.04 bits per heavy atom. The molecule has 0 saturated heterocycles. The highest BCUT2D eigenvalue weighted by Crippen LogP contribution is 2.25. The molecule has 0 aliphatic carbocycles. The van der Waals surface area contributed by atoms with Crippen LogP contribution in [0.2, 0.25) is 0 Å². The van der Waals surface area contributed by atoms with E-state index < -0.39 is 5.91 Å². The van der Waals surface area contributed by atoms with Crippen molar-refractivity contribution >= 4 is 22.7 Å². The van der Waals surface area contributed by atoms with Crippen LogP contribution in [0.3, 0.4) is 0 Å². The summed E-state index contributed by atoms with van der Waals surface area (Å²) >= 11 is 0. The van der Waals surface area contributed by atoms with Crippen molar-refractivity contribution in [2.75, 3.05) is 0 Å². The van der Waals surface area contributed by atoms with Crippen LogP contribution in [0.4, 0.5) is 0 Å². The van der Waals surface area contributed by atoms with Crippen LogP contribution in [0.15, 0.2) is 36.9 Å². The van der Waals surface area contributed by atoms with Crippen LogP contribution in [0.25, 0.3) is 11.0 Å². The Hall–Kier alpha value is -3.02. The first-order valence-electron chi connectivity index (χ1n) is 7.29. The van der Waals surface area contributed by atoms with Gasteiger partial charge in [0.2, 0.25) is 5.91 Å². The topological polar surface area (TPSA) is 109 Å². The molecule has 0 bridgehead atoms. The molecule has 0 aliphatic rings. The monoisotopic (exact) mass is 307 g/mol. The van der Waals surface area contributed by atoms with Gasteiger partial charge in [0.25, 0.3) is 0 Å². The minimum atomic E-state index is -0.546. The maximum atomic E-state index is 12.0. The second kappa shape index (κ2) is 5.64. The number of pyridine rings is 2. The lowest BCUT2D eigenvalue weighted by molar-refractivity contribution is 0.0998. The largest absolute Gasteiger partial charge is 0.366 e.